The molecule has 1 unspecified atom stereocenters. The number of hydrogen-bond donors (Lipinski definition) is 2. The Labute approximate surface area is 125 Å². The maximum absolute atomic E-state index is 9.18. The van der Waals surface area contributed by atoms with Crippen LogP contribution < -0.4 is 10.2 Å². The summed E-state index contributed by atoms with van der Waals surface area (Å²) in [7, 11) is 1.96. The average Bonchev–Trinajstić information content (AvgIpc) is 2.42. The summed E-state index contributed by atoms with van der Waals surface area (Å²) in [4.78, 5) is 2.24. The minimum absolute atomic E-state index is 0.190. The number of rotatable bonds is 8. The van der Waals surface area contributed by atoms with Crippen LogP contribution in [0.5, 0.6) is 0 Å². The van der Waals surface area contributed by atoms with Crippen LogP contribution in [0.15, 0.2) is 22.7 Å². The molecule has 1 aromatic carbocycles. The van der Waals surface area contributed by atoms with E-state index in [9.17, 15) is 5.11 Å². The van der Waals surface area contributed by atoms with Crippen molar-refractivity contribution in [1.82, 2.24) is 5.32 Å². The van der Waals surface area contributed by atoms with Gasteiger partial charge in [-0.3, -0.25) is 0 Å². The lowest BCUT2D eigenvalue weighted by atomic mass is 10.1. The lowest BCUT2D eigenvalue weighted by Gasteiger charge is -2.25. The minimum atomic E-state index is 0.190. The number of unbranched alkanes of at least 4 members (excludes halogenated alkanes) is 1. The first-order chi connectivity index (χ1) is 9.13. The predicted octanol–water partition coefficient (Wildman–Crippen LogP) is 3.33. The van der Waals surface area contributed by atoms with Gasteiger partial charge in [0.05, 0.1) is 6.61 Å². The van der Waals surface area contributed by atoms with Crippen molar-refractivity contribution in [2.24, 2.45) is 0 Å². The summed E-state index contributed by atoms with van der Waals surface area (Å²) < 4.78 is 1.12. The van der Waals surface area contributed by atoms with Crippen molar-refractivity contribution in [3.05, 3.63) is 28.2 Å². The molecule has 0 amide bonds. The molecule has 1 aromatic rings. The van der Waals surface area contributed by atoms with E-state index in [2.05, 4.69) is 58.2 Å². The molecule has 0 fully saturated rings. The van der Waals surface area contributed by atoms with E-state index in [4.69, 9.17) is 0 Å². The zero-order chi connectivity index (χ0) is 14.3. The van der Waals surface area contributed by atoms with Gasteiger partial charge in [-0.05, 0) is 38.1 Å². The first kappa shape index (κ1) is 16.5. The highest BCUT2D eigenvalue weighted by Crippen LogP contribution is 2.28. The Balaban J connectivity index is 2.89. The summed E-state index contributed by atoms with van der Waals surface area (Å²) in [6.07, 6.45) is 2.31. The zero-order valence-electron chi connectivity index (χ0n) is 12.1. The summed E-state index contributed by atoms with van der Waals surface area (Å²) in [5, 5.41) is 12.4. The van der Waals surface area contributed by atoms with E-state index in [1.165, 1.54) is 11.3 Å². The van der Waals surface area contributed by atoms with Crippen molar-refractivity contribution in [2.45, 2.75) is 32.7 Å². The quantitative estimate of drug-likeness (QED) is 0.768. The molecule has 19 heavy (non-hydrogen) atoms. The number of nitrogens with one attached hydrogen (secondary N) is 1. The third-order valence-corrected chi connectivity index (χ3v) is 4.09. The molecule has 0 bridgehead atoms. The normalized spacial score (nSPS) is 12.5. The van der Waals surface area contributed by atoms with Crippen molar-refractivity contribution in [3.63, 3.8) is 0 Å². The molecule has 108 valence electrons. The molecule has 0 aliphatic rings. The molecular formula is C15H25BrN2O. The smallest absolute Gasteiger partial charge is 0.0606 e. The van der Waals surface area contributed by atoms with Crippen LogP contribution in [0.4, 0.5) is 5.69 Å². The Hall–Kier alpha value is -0.580. The van der Waals surface area contributed by atoms with Crippen LogP contribution in [0, 0.1) is 0 Å². The molecule has 0 radical (unpaired) electrons. The van der Waals surface area contributed by atoms with Crippen LogP contribution in [0.25, 0.3) is 0 Å². The number of hydrogen-bond acceptors (Lipinski definition) is 3. The van der Waals surface area contributed by atoms with Crippen LogP contribution >= 0.6 is 15.9 Å². The molecule has 0 saturated carbocycles. The molecule has 3 nitrogen and oxygen atoms in total. The second-order valence-corrected chi connectivity index (χ2v) is 5.63. The molecule has 0 heterocycles. The van der Waals surface area contributed by atoms with Gasteiger partial charge in [-0.15, -0.1) is 0 Å². The van der Waals surface area contributed by atoms with Gasteiger partial charge in [0, 0.05) is 29.3 Å². The van der Waals surface area contributed by atoms with E-state index in [1.54, 1.807) is 0 Å². The first-order valence-electron chi connectivity index (χ1n) is 6.96. The molecular weight excluding hydrogens is 304 g/mol. The number of aliphatic hydroxyl groups is 1. The van der Waals surface area contributed by atoms with Gasteiger partial charge in [-0.2, -0.15) is 0 Å². The van der Waals surface area contributed by atoms with Crippen molar-refractivity contribution in [3.8, 4) is 0 Å². The van der Waals surface area contributed by atoms with Crippen molar-refractivity contribution in [2.75, 3.05) is 31.6 Å². The van der Waals surface area contributed by atoms with Gasteiger partial charge in [0.1, 0.15) is 0 Å². The standard InChI is InChI=1S/C15H25BrN2O/c1-4-5-8-18(9-10-19)13-6-7-14(12(2)17-3)15(16)11-13/h6-7,11-12,17,19H,4-5,8-10H2,1-3H3. The SMILES string of the molecule is CCCCN(CCO)c1ccc(C(C)NC)c(Br)c1. The van der Waals surface area contributed by atoms with Crippen LogP contribution in [0.3, 0.4) is 0 Å². The number of nitrogens with zero attached hydrogens (tertiary/aromatic N) is 1. The molecule has 0 aliphatic carbocycles. The van der Waals surface area contributed by atoms with Gasteiger partial charge >= 0.3 is 0 Å². The lowest BCUT2D eigenvalue weighted by Crippen LogP contribution is -2.27. The maximum Gasteiger partial charge on any atom is 0.0606 e. The summed E-state index contributed by atoms with van der Waals surface area (Å²) in [6, 6.07) is 6.76. The number of benzene rings is 1. The molecule has 1 rings (SSSR count). The molecule has 2 N–H and O–H groups in total. The third-order valence-electron chi connectivity index (χ3n) is 3.40. The topological polar surface area (TPSA) is 35.5 Å². The van der Waals surface area contributed by atoms with Gasteiger partial charge in [0.25, 0.3) is 0 Å². The Morgan fingerprint density at radius 2 is 2.11 bits per heavy atom. The fourth-order valence-electron chi connectivity index (χ4n) is 2.06. The Morgan fingerprint density at radius 3 is 2.63 bits per heavy atom. The highest BCUT2D eigenvalue weighted by Gasteiger charge is 2.11. The van der Waals surface area contributed by atoms with Crippen molar-refractivity contribution in [1.29, 1.82) is 0 Å². The van der Waals surface area contributed by atoms with Crippen LogP contribution in [-0.4, -0.2) is 31.9 Å². The fourth-order valence-corrected chi connectivity index (χ4v) is 2.77. The lowest BCUT2D eigenvalue weighted by molar-refractivity contribution is 0.301. The Morgan fingerprint density at radius 1 is 1.37 bits per heavy atom. The van der Waals surface area contributed by atoms with Gasteiger partial charge in [0.15, 0.2) is 0 Å². The average molecular weight is 329 g/mol. The zero-order valence-corrected chi connectivity index (χ0v) is 13.7. The number of aliphatic hydroxyl groups excluding tert-OH is 1. The summed E-state index contributed by atoms with van der Waals surface area (Å²) >= 11 is 3.65. The Bertz CT molecular complexity index is 384. The maximum atomic E-state index is 9.18. The summed E-state index contributed by atoms with van der Waals surface area (Å²) in [5.41, 5.74) is 2.42. The van der Waals surface area contributed by atoms with Gasteiger partial charge in [-0.1, -0.05) is 35.3 Å². The molecule has 0 spiro atoms. The molecule has 0 aromatic heterocycles. The highest BCUT2D eigenvalue weighted by molar-refractivity contribution is 9.10. The van der Waals surface area contributed by atoms with Crippen molar-refractivity contribution < 1.29 is 5.11 Å². The number of anilines is 1. The van der Waals surface area contributed by atoms with E-state index in [0.717, 1.165) is 23.9 Å². The minimum Gasteiger partial charge on any atom is -0.395 e. The van der Waals surface area contributed by atoms with Gasteiger partial charge in [-0.25, -0.2) is 0 Å². The summed E-state index contributed by atoms with van der Waals surface area (Å²) in [5.74, 6) is 0. The predicted molar refractivity (Wildman–Crippen MR) is 85.8 cm³/mol. The van der Waals surface area contributed by atoms with E-state index in [0.29, 0.717) is 12.6 Å². The van der Waals surface area contributed by atoms with E-state index < -0.39 is 0 Å². The van der Waals surface area contributed by atoms with Gasteiger partial charge in [0.2, 0.25) is 0 Å². The molecule has 0 aliphatic heterocycles. The summed E-state index contributed by atoms with van der Waals surface area (Å²) in [6.45, 7) is 6.20. The fraction of sp³-hybridized carbons (Fsp3) is 0.600. The van der Waals surface area contributed by atoms with Crippen molar-refractivity contribution >= 4 is 21.6 Å². The van der Waals surface area contributed by atoms with Crippen LogP contribution in [0.2, 0.25) is 0 Å². The largest absolute Gasteiger partial charge is 0.395 e. The highest BCUT2D eigenvalue weighted by atomic mass is 79.9. The monoisotopic (exact) mass is 328 g/mol. The van der Waals surface area contributed by atoms with Crippen LogP contribution in [0.1, 0.15) is 38.3 Å². The molecule has 0 saturated heterocycles. The van der Waals surface area contributed by atoms with Gasteiger partial charge < -0.3 is 15.3 Å². The molecule has 4 heteroatoms. The van der Waals surface area contributed by atoms with E-state index in [-0.39, 0.29) is 6.61 Å². The third kappa shape index (κ3) is 4.79. The van der Waals surface area contributed by atoms with Crippen LogP contribution in [-0.2, 0) is 0 Å². The first-order valence-corrected chi connectivity index (χ1v) is 7.75. The second kappa shape index (κ2) is 8.56. The number of halogens is 1. The van der Waals surface area contributed by atoms with E-state index >= 15 is 0 Å². The molecule has 1 atom stereocenters. The second-order valence-electron chi connectivity index (χ2n) is 4.78. The Kier molecular flexibility index (Phi) is 7.42. The van der Waals surface area contributed by atoms with E-state index in [1.807, 2.05) is 7.05 Å².